The quantitative estimate of drug-likeness (QED) is 0.707. The van der Waals surface area contributed by atoms with Crippen LogP contribution in [0.4, 0.5) is 0 Å². The molecular formula is C14H25N3O. The number of rotatable bonds is 8. The molecule has 0 bridgehead atoms. The van der Waals surface area contributed by atoms with Gasteiger partial charge in [0.1, 0.15) is 5.54 Å². The van der Waals surface area contributed by atoms with E-state index < -0.39 is 5.54 Å². The molecule has 0 aromatic carbocycles. The smallest absolute Gasteiger partial charge is 0.119 e. The molecular weight excluding hydrogens is 226 g/mol. The summed E-state index contributed by atoms with van der Waals surface area (Å²) in [6, 6.07) is 2.88. The molecule has 0 saturated heterocycles. The number of methoxy groups -OCH3 is 1. The van der Waals surface area contributed by atoms with E-state index in [1.165, 1.54) is 12.8 Å². The number of hydrogen-bond donors (Lipinski definition) is 1. The van der Waals surface area contributed by atoms with Gasteiger partial charge in [-0.2, -0.15) is 5.26 Å². The van der Waals surface area contributed by atoms with Crippen LogP contribution in [-0.2, 0) is 4.74 Å². The average Bonchev–Trinajstić information content (AvgIpc) is 3.21. The second kappa shape index (κ2) is 5.56. The second-order valence-corrected chi connectivity index (χ2v) is 5.97. The summed E-state index contributed by atoms with van der Waals surface area (Å²) in [5.41, 5.74) is 5.63. The van der Waals surface area contributed by atoms with Crippen molar-refractivity contribution in [3.63, 3.8) is 0 Å². The van der Waals surface area contributed by atoms with Gasteiger partial charge in [-0.1, -0.05) is 0 Å². The monoisotopic (exact) mass is 251 g/mol. The Labute approximate surface area is 110 Å². The minimum atomic E-state index is -0.656. The van der Waals surface area contributed by atoms with Gasteiger partial charge in [0.25, 0.3) is 0 Å². The zero-order valence-corrected chi connectivity index (χ0v) is 11.6. The van der Waals surface area contributed by atoms with Gasteiger partial charge in [0.15, 0.2) is 0 Å². The summed E-state index contributed by atoms with van der Waals surface area (Å²) in [5.74, 6) is 1.20. The van der Waals surface area contributed by atoms with Crippen LogP contribution < -0.4 is 5.73 Å². The summed E-state index contributed by atoms with van der Waals surface area (Å²) in [7, 11) is 1.72. The Balaban J connectivity index is 1.96. The van der Waals surface area contributed by atoms with Crippen molar-refractivity contribution in [2.45, 2.75) is 44.2 Å². The third-order valence-corrected chi connectivity index (χ3v) is 4.44. The molecule has 102 valence electrons. The SMILES string of the molecule is COCCN(CC(N)(C#N)C1CC1)C(C)C1CC1. The van der Waals surface area contributed by atoms with E-state index >= 15 is 0 Å². The molecule has 0 spiro atoms. The van der Waals surface area contributed by atoms with E-state index in [1.54, 1.807) is 7.11 Å². The van der Waals surface area contributed by atoms with E-state index in [0.717, 1.165) is 25.3 Å². The van der Waals surface area contributed by atoms with Crippen molar-refractivity contribution >= 4 is 0 Å². The van der Waals surface area contributed by atoms with Gasteiger partial charge in [-0.15, -0.1) is 0 Å². The van der Waals surface area contributed by atoms with E-state index in [-0.39, 0.29) is 0 Å². The molecule has 2 rings (SSSR count). The van der Waals surface area contributed by atoms with Crippen LogP contribution in [0.25, 0.3) is 0 Å². The fraction of sp³-hybridized carbons (Fsp3) is 0.929. The van der Waals surface area contributed by atoms with Gasteiger partial charge >= 0.3 is 0 Å². The maximum Gasteiger partial charge on any atom is 0.119 e. The fourth-order valence-electron chi connectivity index (χ4n) is 2.70. The highest BCUT2D eigenvalue weighted by atomic mass is 16.5. The van der Waals surface area contributed by atoms with Crippen LogP contribution in [0.15, 0.2) is 0 Å². The third kappa shape index (κ3) is 3.23. The summed E-state index contributed by atoms with van der Waals surface area (Å²) in [4.78, 5) is 2.36. The molecule has 2 aliphatic rings. The lowest BCUT2D eigenvalue weighted by molar-refractivity contribution is 0.101. The van der Waals surface area contributed by atoms with Crippen molar-refractivity contribution < 1.29 is 4.74 Å². The van der Waals surface area contributed by atoms with Crippen LogP contribution in [0.3, 0.4) is 0 Å². The molecule has 2 unspecified atom stereocenters. The maximum absolute atomic E-state index is 9.37. The van der Waals surface area contributed by atoms with Crippen molar-refractivity contribution in [3.8, 4) is 6.07 Å². The first-order valence-corrected chi connectivity index (χ1v) is 7.04. The highest BCUT2D eigenvalue weighted by Gasteiger charge is 2.45. The molecule has 18 heavy (non-hydrogen) atoms. The molecule has 2 saturated carbocycles. The standard InChI is InChI=1S/C14H25N3O/c1-11(12-3-4-12)17(7-8-18-2)10-14(16,9-15)13-5-6-13/h11-13H,3-8,10,16H2,1-2H3. The second-order valence-electron chi connectivity index (χ2n) is 5.97. The molecule has 2 fully saturated rings. The Kier molecular flexibility index (Phi) is 4.26. The van der Waals surface area contributed by atoms with Crippen LogP contribution in [0.1, 0.15) is 32.6 Å². The first-order valence-electron chi connectivity index (χ1n) is 7.04. The van der Waals surface area contributed by atoms with Crippen LogP contribution in [0, 0.1) is 23.2 Å². The number of nitrogens with zero attached hydrogens (tertiary/aromatic N) is 2. The van der Waals surface area contributed by atoms with Crippen LogP contribution in [0.5, 0.6) is 0 Å². The van der Waals surface area contributed by atoms with Crippen molar-refractivity contribution in [2.75, 3.05) is 26.8 Å². The highest BCUT2D eigenvalue weighted by molar-refractivity contribution is 5.15. The normalized spacial score (nSPS) is 24.6. The molecule has 0 heterocycles. The van der Waals surface area contributed by atoms with E-state index in [9.17, 15) is 5.26 Å². The van der Waals surface area contributed by atoms with Crippen LogP contribution in [-0.4, -0.2) is 43.3 Å². The minimum Gasteiger partial charge on any atom is -0.383 e. The average molecular weight is 251 g/mol. The van der Waals surface area contributed by atoms with Crippen molar-refractivity contribution in [1.82, 2.24) is 4.90 Å². The van der Waals surface area contributed by atoms with Crippen molar-refractivity contribution in [3.05, 3.63) is 0 Å². The molecule has 0 aromatic heterocycles. The van der Waals surface area contributed by atoms with Crippen molar-refractivity contribution in [1.29, 1.82) is 5.26 Å². The van der Waals surface area contributed by atoms with Gasteiger partial charge < -0.3 is 10.5 Å². The maximum atomic E-state index is 9.37. The molecule has 0 radical (unpaired) electrons. The summed E-state index contributed by atoms with van der Waals surface area (Å²) >= 11 is 0. The van der Waals surface area contributed by atoms with E-state index in [2.05, 4.69) is 17.9 Å². The number of nitrogens with two attached hydrogens (primary N) is 1. The Hall–Kier alpha value is -0.630. The molecule has 4 heteroatoms. The molecule has 2 atom stereocenters. The fourth-order valence-corrected chi connectivity index (χ4v) is 2.70. The predicted octanol–water partition coefficient (Wildman–Crippen LogP) is 1.36. The molecule has 2 N–H and O–H groups in total. The summed E-state index contributed by atoms with van der Waals surface area (Å²) in [6.07, 6.45) is 4.86. The predicted molar refractivity (Wildman–Crippen MR) is 70.9 cm³/mol. The molecule has 0 aliphatic heterocycles. The van der Waals surface area contributed by atoms with Crippen LogP contribution >= 0.6 is 0 Å². The van der Waals surface area contributed by atoms with E-state index in [4.69, 9.17) is 10.5 Å². The Bertz CT molecular complexity index is 319. The van der Waals surface area contributed by atoms with Gasteiger partial charge in [0.2, 0.25) is 0 Å². The number of nitriles is 1. The van der Waals surface area contributed by atoms with Gasteiger partial charge in [-0.3, -0.25) is 4.90 Å². The largest absolute Gasteiger partial charge is 0.383 e. The Morgan fingerprint density at radius 1 is 1.44 bits per heavy atom. The Morgan fingerprint density at radius 3 is 2.56 bits per heavy atom. The molecule has 4 nitrogen and oxygen atoms in total. The topological polar surface area (TPSA) is 62.3 Å². The molecule has 2 aliphatic carbocycles. The van der Waals surface area contributed by atoms with Gasteiger partial charge in [-0.05, 0) is 44.4 Å². The lowest BCUT2D eigenvalue weighted by Crippen LogP contribution is -2.54. The summed E-state index contributed by atoms with van der Waals surface area (Å²) in [6.45, 7) is 4.54. The number of ether oxygens (including phenoxy) is 1. The zero-order chi connectivity index (χ0) is 13.2. The van der Waals surface area contributed by atoms with Crippen LogP contribution in [0.2, 0.25) is 0 Å². The van der Waals surface area contributed by atoms with Gasteiger partial charge in [-0.25, -0.2) is 0 Å². The highest BCUT2D eigenvalue weighted by Crippen LogP contribution is 2.40. The minimum absolute atomic E-state index is 0.402. The van der Waals surface area contributed by atoms with E-state index in [1.807, 2.05) is 0 Å². The first kappa shape index (κ1) is 13.8. The lowest BCUT2D eigenvalue weighted by Gasteiger charge is -2.35. The van der Waals surface area contributed by atoms with Gasteiger partial charge in [0, 0.05) is 26.2 Å². The first-order chi connectivity index (χ1) is 8.60. The number of hydrogen-bond acceptors (Lipinski definition) is 4. The summed E-state index contributed by atoms with van der Waals surface area (Å²) in [5, 5.41) is 9.37. The Morgan fingerprint density at radius 2 is 2.11 bits per heavy atom. The van der Waals surface area contributed by atoms with Gasteiger partial charge in [0.05, 0.1) is 12.7 Å². The molecule has 0 aromatic rings. The van der Waals surface area contributed by atoms with Crippen molar-refractivity contribution in [2.24, 2.45) is 17.6 Å². The lowest BCUT2D eigenvalue weighted by atomic mass is 9.94. The van der Waals surface area contributed by atoms with E-state index in [0.29, 0.717) is 25.1 Å². The zero-order valence-electron chi connectivity index (χ0n) is 11.6. The third-order valence-electron chi connectivity index (χ3n) is 4.44. The molecule has 0 amide bonds. The summed E-state index contributed by atoms with van der Waals surface area (Å²) < 4.78 is 5.18.